The first kappa shape index (κ1) is 14.2. The van der Waals surface area contributed by atoms with Crippen molar-refractivity contribution in [2.45, 2.75) is 26.8 Å². The molecule has 1 atom stereocenters. The monoisotopic (exact) mass is 304 g/mol. The van der Waals surface area contributed by atoms with E-state index in [0.29, 0.717) is 16.4 Å². The predicted molar refractivity (Wildman–Crippen MR) is 83.3 cm³/mol. The van der Waals surface area contributed by atoms with Gasteiger partial charge in [-0.25, -0.2) is 5.43 Å². The molecule has 0 bridgehead atoms. The highest BCUT2D eigenvalue weighted by Gasteiger charge is 2.25. The van der Waals surface area contributed by atoms with Crippen molar-refractivity contribution in [1.82, 2.24) is 5.43 Å². The number of halogens is 1. The SMILES string of the molecule is Cc1oc(C)c(C(NN)c2cc3cccc(Cl)c3o2)c1C. The molecule has 3 rings (SSSR count). The van der Waals surface area contributed by atoms with E-state index in [0.717, 1.165) is 28.0 Å². The molecule has 3 aromatic rings. The van der Waals surface area contributed by atoms with Crippen molar-refractivity contribution in [2.75, 3.05) is 0 Å². The Morgan fingerprint density at radius 2 is 1.90 bits per heavy atom. The number of nitrogens with one attached hydrogen (secondary N) is 1. The summed E-state index contributed by atoms with van der Waals surface area (Å²) in [6.07, 6.45) is 0. The van der Waals surface area contributed by atoms with E-state index in [1.54, 1.807) is 6.07 Å². The molecule has 1 unspecified atom stereocenters. The first-order chi connectivity index (χ1) is 10.0. The van der Waals surface area contributed by atoms with Gasteiger partial charge in [0.2, 0.25) is 0 Å². The quantitative estimate of drug-likeness (QED) is 0.563. The summed E-state index contributed by atoms with van der Waals surface area (Å²) < 4.78 is 11.6. The van der Waals surface area contributed by atoms with E-state index in [2.05, 4.69) is 5.43 Å². The number of hydrazine groups is 1. The second kappa shape index (κ2) is 5.22. The Labute approximate surface area is 127 Å². The molecule has 0 radical (unpaired) electrons. The zero-order valence-electron chi connectivity index (χ0n) is 12.2. The Kier molecular flexibility index (Phi) is 3.53. The molecule has 0 spiro atoms. The molecule has 0 aliphatic carbocycles. The van der Waals surface area contributed by atoms with Crippen LogP contribution in [0.4, 0.5) is 0 Å². The van der Waals surface area contributed by atoms with Crippen LogP contribution >= 0.6 is 11.6 Å². The van der Waals surface area contributed by atoms with Crippen molar-refractivity contribution in [3.63, 3.8) is 0 Å². The lowest BCUT2D eigenvalue weighted by atomic mass is 10.0. The number of benzene rings is 1. The van der Waals surface area contributed by atoms with Crippen LogP contribution in [0.25, 0.3) is 11.0 Å². The van der Waals surface area contributed by atoms with Crippen LogP contribution in [-0.4, -0.2) is 0 Å². The molecule has 2 aromatic heterocycles. The summed E-state index contributed by atoms with van der Waals surface area (Å²) in [5.74, 6) is 8.19. The van der Waals surface area contributed by atoms with E-state index >= 15 is 0 Å². The van der Waals surface area contributed by atoms with Crippen LogP contribution in [0.5, 0.6) is 0 Å². The van der Waals surface area contributed by atoms with Crippen LogP contribution in [0.2, 0.25) is 5.02 Å². The predicted octanol–water partition coefficient (Wildman–Crippen LogP) is 4.16. The number of aryl methyl sites for hydroxylation is 2. The van der Waals surface area contributed by atoms with Gasteiger partial charge in [0.05, 0.1) is 5.02 Å². The van der Waals surface area contributed by atoms with Gasteiger partial charge in [-0.2, -0.15) is 0 Å². The molecule has 0 aliphatic heterocycles. The molecule has 5 heteroatoms. The van der Waals surface area contributed by atoms with Crippen molar-refractivity contribution in [2.24, 2.45) is 5.84 Å². The topological polar surface area (TPSA) is 64.3 Å². The molecule has 4 nitrogen and oxygen atoms in total. The zero-order valence-corrected chi connectivity index (χ0v) is 12.9. The molecular formula is C16H17ClN2O2. The largest absolute Gasteiger partial charge is 0.466 e. The van der Waals surface area contributed by atoms with Crippen molar-refractivity contribution < 1.29 is 8.83 Å². The fourth-order valence-corrected chi connectivity index (χ4v) is 2.95. The molecule has 21 heavy (non-hydrogen) atoms. The summed E-state index contributed by atoms with van der Waals surface area (Å²) in [6.45, 7) is 5.88. The minimum Gasteiger partial charge on any atom is -0.466 e. The van der Waals surface area contributed by atoms with Crippen molar-refractivity contribution in [3.05, 3.63) is 57.7 Å². The van der Waals surface area contributed by atoms with Gasteiger partial charge >= 0.3 is 0 Å². The fourth-order valence-electron chi connectivity index (χ4n) is 2.73. The fraction of sp³-hybridized carbons (Fsp3) is 0.250. The number of nitrogens with two attached hydrogens (primary N) is 1. The van der Waals surface area contributed by atoms with Crippen LogP contribution in [0.1, 0.15) is 34.4 Å². The van der Waals surface area contributed by atoms with Gasteiger partial charge < -0.3 is 8.83 Å². The molecule has 2 heterocycles. The molecule has 0 saturated carbocycles. The van der Waals surface area contributed by atoms with Crippen LogP contribution in [-0.2, 0) is 0 Å². The van der Waals surface area contributed by atoms with Gasteiger partial charge in [-0.05, 0) is 38.5 Å². The van der Waals surface area contributed by atoms with Gasteiger partial charge in [-0.1, -0.05) is 23.7 Å². The van der Waals surface area contributed by atoms with Gasteiger partial charge in [0.1, 0.15) is 23.3 Å². The maximum absolute atomic E-state index is 6.17. The second-order valence-electron chi connectivity index (χ2n) is 5.16. The number of fused-ring (bicyclic) bond motifs is 1. The van der Waals surface area contributed by atoms with Crippen LogP contribution in [0.3, 0.4) is 0 Å². The lowest BCUT2D eigenvalue weighted by molar-refractivity contribution is 0.461. The third kappa shape index (κ3) is 2.25. The summed E-state index contributed by atoms with van der Waals surface area (Å²) >= 11 is 6.17. The Morgan fingerprint density at radius 1 is 1.14 bits per heavy atom. The summed E-state index contributed by atoms with van der Waals surface area (Å²) in [5.41, 5.74) is 5.56. The first-order valence-corrected chi connectivity index (χ1v) is 7.11. The Hall–Kier alpha value is -1.75. The molecule has 0 fully saturated rings. The minimum absolute atomic E-state index is 0.272. The van der Waals surface area contributed by atoms with Crippen molar-refractivity contribution in [1.29, 1.82) is 0 Å². The van der Waals surface area contributed by atoms with E-state index < -0.39 is 0 Å². The zero-order chi connectivity index (χ0) is 15.1. The van der Waals surface area contributed by atoms with E-state index in [-0.39, 0.29) is 6.04 Å². The molecular weight excluding hydrogens is 288 g/mol. The highest BCUT2D eigenvalue weighted by atomic mass is 35.5. The van der Waals surface area contributed by atoms with E-state index in [9.17, 15) is 0 Å². The minimum atomic E-state index is -0.272. The normalized spacial score (nSPS) is 13.0. The number of furan rings is 2. The van der Waals surface area contributed by atoms with Gasteiger partial charge in [-0.3, -0.25) is 5.84 Å². The van der Waals surface area contributed by atoms with E-state index in [1.165, 1.54) is 0 Å². The average Bonchev–Trinajstić information content (AvgIpc) is 2.97. The highest BCUT2D eigenvalue weighted by Crippen LogP contribution is 2.35. The third-order valence-electron chi connectivity index (χ3n) is 3.87. The second-order valence-corrected chi connectivity index (χ2v) is 5.57. The first-order valence-electron chi connectivity index (χ1n) is 6.73. The number of rotatable bonds is 3. The maximum atomic E-state index is 6.17. The Bertz CT molecular complexity index is 804. The van der Waals surface area contributed by atoms with E-state index in [4.69, 9.17) is 26.3 Å². The van der Waals surface area contributed by atoms with Gasteiger partial charge in [0, 0.05) is 10.9 Å². The highest BCUT2D eigenvalue weighted by molar-refractivity contribution is 6.34. The lowest BCUT2D eigenvalue weighted by Crippen LogP contribution is -2.29. The van der Waals surface area contributed by atoms with Gasteiger partial charge in [0.15, 0.2) is 5.58 Å². The van der Waals surface area contributed by atoms with Crippen LogP contribution in [0, 0.1) is 20.8 Å². The van der Waals surface area contributed by atoms with Crippen LogP contribution in [0.15, 0.2) is 33.1 Å². The van der Waals surface area contributed by atoms with Crippen LogP contribution < -0.4 is 11.3 Å². The number of hydrogen-bond donors (Lipinski definition) is 2. The molecule has 110 valence electrons. The number of hydrogen-bond acceptors (Lipinski definition) is 4. The lowest BCUT2D eigenvalue weighted by Gasteiger charge is -2.13. The molecule has 1 aromatic carbocycles. The average molecular weight is 305 g/mol. The van der Waals surface area contributed by atoms with E-state index in [1.807, 2.05) is 39.0 Å². The summed E-state index contributed by atoms with van der Waals surface area (Å²) in [7, 11) is 0. The van der Waals surface area contributed by atoms with Gasteiger partial charge in [-0.15, -0.1) is 0 Å². The molecule has 0 aliphatic rings. The van der Waals surface area contributed by atoms with Gasteiger partial charge in [0.25, 0.3) is 0 Å². The standard InChI is InChI=1S/C16H17ClN2O2/c1-8-9(2)20-10(3)14(8)15(19-18)13-7-11-5-4-6-12(17)16(11)21-13/h4-7,15,19H,18H2,1-3H3. The molecule has 0 amide bonds. The molecule has 0 saturated heterocycles. The summed E-state index contributed by atoms with van der Waals surface area (Å²) in [4.78, 5) is 0. The maximum Gasteiger partial charge on any atom is 0.152 e. The summed E-state index contributed by atoms with van der Waals surface area (Å²) in [6, 6.07) is 7.34. The Morgan fingerprint density at radius 3 is 2.48 bits per heavy atom. The smallest absolute Gasteiger partial charge is 0.152 e. The summed E-state index contributed by atoms with van der Waals surface area (Å²) in [5, 5.41) is 1.54. The van der Waals surface area contributed by atoms with Crippen molar-refractivity contribution in [3.8, 4) is 0 Å². The van der Waals surface area contributed by atoms with Crippen molar-refractivity contribution >= 4 is 22.6 Å². The third-order valence-corrected chi connectivity index (χ3v) is 4.17. The Balaban J connectivity index is 2.16. The number of para-hydroxylation sites is 1. The molecule has 3 N–H and O–H groups in total.